The van der Waals surface area contributed by atoms with Gasteiger partial charge in [0.15, 0.2) is 0 Å². The van der Waals surface area contributed by atoms with Gasteiger partial charge >= 0.3 is 0 Å². The number of benzene rings is 1. The quantitative estimate of drug-likeness (QED) is 0.533. The van der Waals surface area contributed by atoms with E-state index in [1.807, 2.05) is 12.1 Å². The summed E-state index contributed by atoms with van der Waals surface area (Å²) in [6, 6.07) is 7.14. The minimum absolute atomic E-state index is 0.166. The number of hydrogen-bond acceptors (Lipinski definition) is 2. The number of anilines is 2. The first-order chi connectivity index (χ1) is 6.24. The van der Waals surface area contributed by atoms with Crippen LogP contribution in [-0.2, 0) is 4.79 Å². The highest BCUT2D eigenvalue weighted by molar-refractivity contribution is 6.01. The summed E-state index contributed by atoms with van der Waals surface area (Å²) in [5, 5.41) is 2.66. The van der Waals surface area contributed by atoms with Gasteiger partial charge in [0.1, 0.15) is 0 Å². The minimum Gasteiger partial charge on any atom is -0.397 e. The smallest absolute Gasteiger partial charge is 0.248 e. The predicted molar refractivity (Wildman–Crippen MR) is 54.3 cm³/mol. The Kier molecular flexibility index (Phi) is 3.09. The van der Waals surface area contributed by atoms with Gasteiger partial charge in [0.2, 0.25) is 5.91 Å². The normalized spacial score (nSPS) is 10.2. The molecular formula is C10H12N2O. The Morgan fingerprint density at radius 1 is 1.46 bits per heavy atom. The minimum atomic E-state index is -0.166. The van der Waals surface area contributed by atoms with E-state index in [4.69, 9.17) is 5.73 Å². The first-order valence-electron chi connectivity index (χ1n) is 4.02. The van der Waals surface area contributed by atoms with Crippen molar-refractivity contribution in [1.82, 2.24) is 0 Å². The van der Waals surface area contributed by atoms with Crippen molar-refractivity contribution in [3.05, 3.63) is 36.4 Å². The number of carbonyl (C=O) groups excluding carboxylic acids is 1. The molecule has 0 aliphatic heterocycles. The summed E-state index contributed by atoms with van der Waals surface area (Å²) in [5.74, 6) is -0.166. The zero-order valence-corrected chi connectivity index (χ0v) is 7.45. The first kappa shape index (κ1) is 9.32. The molecule has 1 aromatic carbocycles. The molecule has 0 saturated heterocycles. The third-order valence-corrected chi connectivity index (χ3v) is 1.54. The van der Waals surface area contributed by atoms with Gasteiger partial charge in [0.05, 0.1) is 11.4 Å². The van der Waals surface area contributed by atoms with E-state index >= 15 is 0 Å². The van der Waals surface area contributed by atoms with Crippen LogP contribution < -0.4 is 11.1 Å². The van der Waals surface area contributed by atoms with Crippen molar-refractivity contribution in [1.29, 1.82) is 0 Å². The Morgan fingerprint density at radius 2 is 2.15 bits per heavy atom. The number of nitrogen functional groups attached to an aromatic ring is 1. The fraction of sp³-hybridized carbons (Fsp3) is 0.100. The maximum absolute atomic E-state index is 11.1. The van der Waals surface area contributed by atoms with Crippen LogP contribution in [0.5, 0.6) is 0 Å². The summed E-state index contributed by atoms with van der Waals surface area (Å²) in [7, 11) is 0. The Morgan fingerprint density at radius 3 is 2.77 bits per heavy atom. The number of nitrogens with one attached hydrogen (secondary N) is 1. The van der Waals surface area contributed by atoms with Gasteiger partial charge in [0, 0.05) is 0 Å². The van der Waals surface area contributed by atoms with Gasteiger partial charge in [-0.2, -0.15) is 0 Å². The number of para-hydroxylation sites is 2. The average Bonchev–Trinajstić information content (AvgIpc) is 2.09. The molecule has 1 aromatic rings. The van der Waals surface area contributed by atoms with E-state index in [9.17, 15) is 4.79 Å². The molecule has 0 unspecified atom stereocenters. The number of carbonyl (C=O) groups is 1. The summed E-state index contributed by atoms with van der Waals surface area (Å²) in [6.07, 6.45) is 3.13. The molecule has 0 aromatic heterocycles. The third kappa shape index (κ3) is 2.63. The van der Waals surface area contributed by atoms with Crippen LogP contribution in [-0.4, -0.2) is 5.91 Å². The topological polar surface area (TPSA) is 55.1 Å². The first-order valence-corrected chi connectivity index (χ1v) is 4.02. The van der Waals surface area contributed by atoms with Gasteiger partial charge in [-0.1, -0.05) is 18.2 Å². The van der Waals surface area contributed by atoms with E-state index < -0.39 is 0 Å². The summed E-state index contributed by atoms with van der Waals surface area (Å²) >= 11 is 0. The molecule has 0 fully saturated rings. The zero-order valence-electron chi connectivity index (χ0n) is 7.45. The van der Waals surface area contributed by atoms with Crippen molar-refractivity contribution >= 4 is 17.3 Å². The van der Waals surface area contributed by atoms with Crippen LogP contribution in [0.4, 0.5) is 11.4 Å². The van der Waals surface area contributed by atoms with Crippen molar-refractivity contribution in [2.75, 3.05) is 11.1 Å². The fourth-order valence-corrected chi connectivity index (χ4v) is 0.937. The van der Waals surface area contributed by atoms with Gasteiger partial charge in [-0.3, -0.25) is 4.79 Å². The molecule has 1 amide bonds. The standard InChI is InChI=1S/C10H12N2O/c1-2-5-10(13)12-9-7-4-3-6-8(9)11/h2-7H,11H2,1H3,(H,12,13)/b5-2+. The molecule has 0 aliphatic carbocycles. The molecule has 0 atom stereocenters. The Labute approximate surface area is 77.3 Å². The average molecular weight is 176 g/mol. The van der Waals surface area contributed by atoms with E-state index in [-0.39, 0.29) is 5.91 Å². The lowest BCUT2D eigenvalue weighted by Crippen LogP contribution is -2.09. The van der Waals surface area contributed by atoms with Crippen LogP contribution in [0.15, 0.2) is 36.4 Å². The van der Waals surface area contributed by atoms with E-state index in [1.165, 1.54) is 6.08 Å². The van der Waals surface area contributed by atoms with Gasteiger partial charge < -0.3 is 11.1 Å². The van der Waals surface area contributed by atoms with E-state index in [1.54, 1.807) is 25.1 Å². The van der Waals surface area contributed by atoms with Gasteiger partial charge in [-0.25, -0.2) is 0 Å². The third-order valence-electron chi connectivity index (χ3n) is 1.54. The SMILES string of the molecule is C/C=C/C(=O)Nc1ccccc1N. The van der Waals surface area contributed by atoms with E-state index in [0.29, 0.717) is 11.4 Å². The van der Waals surface area contributed by atoms with E-state index in [0.717, 1.165) is 0 Å². The van der Waals surface area contributed by atoms with Crippen molar-refractivity contribution < 1.29 is 4.79 Å². The molecule has 0 heterocycles. The summed E-state index contributed by atoms with van der Waals surface area (Å²) in [6.45, 7) is 1.79. The molecule has 13 heavy (non-hydrogen) atoms. The second-order valence-electron chi connectivity index (χ2n) is 2.58. The lowest BCUT2D eigenvalue weighted by Gasteiger charge is -2.04. The van der Waals surface area contributed by atoms with Crippen molar-refractivity contribution in [3.8, 4) is 0 Å². The lowest BCUT2D eigenvalue weighted by molar-refractivity contribution is -0.111. The number of amides is 1. The number of nitrogens with two attached hydrogens (primary N) is 1. The van der Waals surface area contributed by atoms with Crippen LogP contribution in [0.1, 0.15) is 6.92 Å². The monoisotopic (exact) mass is 176 g/mol. The molecular weight excluding hydrogens is 164 g/mol. The van der Waals surface area contributed by atoms with Crippen molar-refractivity contribution in [3.63, 3.8) is 0 Å². The van der Waals surface area contributed by atoms with Crippen LogP contribution in [0.25, 0.3) is 0 Å². The van der Waals surface area contributed by atoms with Crippen LogP contribution >= 0.6 is 0 Å². The highest BCUT2D eigenvalue weighted by Gasteiger charge is 1.99. The summed E-state index contributed by atoms with van der Waals surface area (Å²) in [5.41, 5.74) is 6.84. The molecule has 0 bridgehead atoms. The molecule has 68 valence electrons. The van der Waals surface area contributed by atoms with Crippen LogP contribution in [0.3, 0.4) is 0 Å². The maximum Gasteiger partial charge on any atom is 0.248 e. The summed E-state index contributed by atoms with van der Waals surface area (Å²) in [4.78, 5) is 11.1. The van der Waals surface area contributed by atoms with Crippen molar-refractivity contribution in [2.24, 2.45) is 0 Å². The molecule has 0 spiro atoms. The van der Waals surface area contributed by atoms with Crippen LogP contribution in [0.2, 0.25) is 0 Å². The highest BCUT2D eigenvalue weighted by atomic mass is 16.1. The van der Waals surface area contributed by atoms with E-state index in [2.05, 4.69) is 5.32 Å². The molecule has 3 heteroatoms. The van der Waals surface area contributed by atoms with Gasteiger partial charge in [-0.15, -0.1) is 0 Å². The molecule has 0 radical (unpaired) electrons. The Balaban J connectivity index is 2.74. The molecule has 0 aliphatic rings. The molecule has 3 N–H and O–H groups in total. The second kappa shape index (κ2) is 4.30. The zero-order chi connectivity index (χ0) is 9.68. The van der Waals surface area contributed by atoms with Crippen molar-refractivity contribution in [2.45, 2.75) is 6.92 Å². The lowest BCUT2D eigenvalue weighted by atomic mass is 10.2. The van der Waals surface area contributed by atoms with Gasteiger partial charge in [-0.05, 0) is 25.1 Å². The van der Waals surface area contributed by atoms with Gasteiger partial charge in [0.25, 0.3) is 0 Å². The number of hydrogen-bond donors (Lipinski definition) is 2. The Bertz CT molecular complexity index is 331. The number of rotatable bonds is 2. The maximum atomic E-state index is 11.1. The highest BCUT2D eigenvalue weighted by Crippen LogP contribution is 2.16. The largest absolute Gasteiger partial charge is 0.397 e. The fourth-order valence-electron chi connectivity index (χ4n) is 0.937. The molecule has 3 nitrogen and oxygen atoms in total. The summed E-state index contributed by atoms with van der Waals surface area (Å²) < 4.78 is 0. The Hall–Kier alpha value is -1.77. The van der Waals surface area contributed by atoms with Crippen LogP contribution in [0, 0.1) is 0 Å². The molecule has 0 saturated carbocycles. The number of allylic oxidation sites excluding steroid dienone is 1. The predicted octanol–water partition coefficient (Wildman–Crippen LogP) is 1.78. The molecule has 1 rings (SSSR count). The second-order valence-corrected chi connectivity index (χ2v) is 2.58.